The maximum atomic E-state index is 12.7. The monoisotopic (exact) mass is 471 g/mol. The second-order valence-corrected chi connectivity index (χ2v) is 8.53. The first-order valence-electron chi connectivity index (χ1n) is 9.37. The third kappa shape index (κ3) is 3.83. The maximum Gasteiger partial charge on any atom is 0.389 e. The fraction of sp³-hybridized carbons (Fsp3) is 0.450. The highest BCUT2D eigenvalue weighted by Crippen LogP contribution is 2.42. The van der Waals surface area contributed by atoms with Gasteiger partial charge in [0.25, 0.3) is 0 Å². The van der Waals surface area contributed by atoms with Crippen LogP contribution in [0.5, 0.6) is 0 Å². The molecule has 9 heteroatoms. The number of aromatic amines is 1. The van der Waals surface area contributed by atoms with E-state index in [0.29, 0.717) is 6.54 Å². The van der Waals surface area contributed by atoms with Crippen molar-refractivity contribution >= 4 is 38.3 Å². The minimum atomic E-state index is -4.51. The SMILES string of the molecule is CN1CC(NC(=O)C(CO)CC(F)(F)F)C=C2c3cccc4[nH]c(Br)c(c34)C[C@H]21. The van der Waals surface area contributed by atoms with E-state index in [1.807, 2.05) is 31.3 Å². The van der Waals surface area contributed by atoms with Crippen LogP contribution in [0.1, 0.15) is 17.5 Å². The Bertz CT molecular complexity index is 985. The fourth-order valence-electron chi connectivity index (χ4n) is 4.41. The lowest BCUT2D eigenvalue weighted by Gasteiger charge is -2.40. The number of carbonyl (C=O) groups excluding carboxylic acids is 1. The van der Waals surface area contributed by atoms with E-state index >= 15 is 0 Å². The van der Waals surface area contributed by atoms with Gasteiger partial charge in [-0.3, -0.25) is 9.69 Å². The topological polar surface area (TPSA) is 68.4 Å². The highest BCUT2D eigenvalue weighted by molar-refractivity contribution is 9.10. The van der Waals surface area contributed by atoms with Crippen LogP contribution in [0, 0.1) is 5.92 Å². The number of carbonyl (C=O) groups is 1. The first kappa shape index (κ1) is 20.4. The van der Waals surface area contributed by atoms with E-state index in [4.69, 9.17) is 0 Å². The number of nitrogens with one attached hydrogen (secondary N) is 2. The van der Waals surface area contributed by atoms with E-state index in [0.717, 1.165) is 33.1 Å². The van der Waals surface area contributed by atoms with Crippen molar-refractivity contribution in [2.45, 2.75) is 31.1 Å². The molecular weight excluding hydrogens is 451 g/mol. The standard InChI is InChI=1S/C20H21BrF3N3O2/c1-27-8-11(25-19(29)10(9-28)7-20(22,23)24)5-13-12-3-2-4-15-17(12)14(6-16(13)27)18(21)26-15/h2-5,10-11,16,26,28H,6-9H2,1H3,(H,25,29)/t10?,11?,16-/m1/s1. The molecule has 4 rings (SSSR count). The lowest BCUT2D eigenvalue weighted by molar-refractivity contribution is -0.157. The number of alkyl halides is 3. The number of aliphatic hydroxyl groups is 1. The predicted molar refractivity (Wildman–Crippen MR) is 107 cm³/mol. The lowest BCUT2D eigenvalue weighted by Crippen LogP contribution is -2.51. The van der Waals surface area contributed by atoms with Crippen molar-refractivity contribution in [3.8, 4) is 0 Å². The highest BCUT2D eigenvalue weighted by atomic mass is 79.9. The van der Waals surface area contributed by atoms with Crippen LogP contribution in [0.3, 0.4) is 0 Å². The Morgan fingerprint density at radius 1 is 1.45 bits per heavy atom. The number of amides is 1. The van der Waals surface area contributed by atoms with Crippen LogP contribution in [-0.2, 0) is 11.2 Å². The zero-order valence-electron chi connectivity index (χ0n) is 15.7. The molecule has 1 aromatic carbocycles. The molecule has 2 aliphatic rings. The summed E-state index contributed by atoms with van der Waals surface area (Å²) in [6, 6.07) is 5.68. The molecule has 1 amide bonds. The van der Waals surface area contributed by atoms with E-state index in [-0.39, 0.29) is 6.04 Å². The third-order valence-corrected chi connectivity index (χ3v) is 6.41. The minimum Gasteiger partial charge on any atom is -0.396 e. The van der Waals surface area contributed by atoms with Crippen LogP contribution < -0.4 is 5.32 Å². The molecule has 5 nitrogen and oxygen atoms in total. The Kier molecular flexibility index (Phi) is 5.25. The molecule has 0 spiro atoms. The second kappa shape index (κ2) is 7.45. The second-order valence-electron chi connectivity index (χ2n) is 7.74. The molecule has 3 atom stereocenters. The van der Waals surface area contributed by atoms with Gasteiger partial charge in [-0.1, -0.05) is 18.2 Å². The molecule has 0 bridgehead atoms. The van der Waals surface area contributed by atoms with Crippen molar-refractivity contribution in [2.75, 3.05) is 20.2 Å². The van der Waals surface area contributed by atoms with E-state index in [2.05, 4.69) is 31.1 Å². The summed E-state index contributed by atoms with van der Waals surface area (Å²) in [5.41, 5.74) is 4.35. The molecule has 0 saturated heterocycles. The normalized spacial score (nSPS) is 22.9. The van der Waals surface area contributed by atoms with Gasteiger partial charge in [0.1, 0.15) is 0 Å². The first-order chi connectivity index (χ1) is 13.7. The van der Waals surface area contributed by atoms with Crippen molar-refractivity contribution in [2.24, 2.45) is 5.92 Å². The number of H-pyrrole nitrogens is 1. The molecule has 1 aromatic heterocycles. The summed E-state index contributed by atoms with van der Waals surface area (Å²) in [7, 11) is 1.95. The molecule has 2 unspecified atom stereocenters. The molecule has 2 aromatic rings. The predicted octanol–water partition coefficient (Wildman–Crippen LogP) is 3.23. The molecule has 156 valence electrons. The van der Waals surface area contributed by atoms with Crippen LogP contribution in [0.25, 0.3) is 16.5 Å². The van der Waals surface area contributed by atoms with Crippen molar-refractivity contribution in [3.05, 3.63) is 40.0 Å². The van der Waals surface area contributed by atoms with Crippen LogP contribution in [-0.4, -0.2) is 59.4 Å². The number of rotatable bonds is 4. The number of aromatic nitrogens is 1. The zero-order chi connectivity index (χ0) is 20.9. The number of benzene rings is 1. The summed E-state index contributed by atoms with van der Waals surface area (Å²) in [6.45, 7) is -0.357. The summed E-state index contributed by atoms with van der Waals surface area (Å²) in [5, 5.41) is 13.1. The molecule has 0 radical (unpaired) electrons. The Morgan fingerprint density at radius 2 is 2.21 bits per heavy atom. The summed E-state index contributed by atoms with van der Waals surface area (Å²) < 4.78 is 39.0. The van der Waals surface area contributed by atoms with E-state index in [1.54, 1.807) is 0 Å². The van der Waals surface area contributed by atoms with Gasteiger partial charge < -0.3 is 15.4 Å². The molecule has 1 aliphatic heterocycles. The Labute approximate surface area is 174 Å². The van der Waals surface area contributed by atoms with Crippen LogP contribution in [0.15, 0.2) is 28.9 Å². The van der Waals surface area contributed by atoms with Gasteiger partial charge in [0, 0.05) is 23.5 Å². The minimum absolute atomic E-state index is 0.122. The molecular formula is C20H21BrF3N3O2. The molecule has 0 saturated carbocycles. The van der Waals surface area contributed by atoms with E-state index < -0.39 is 37.1 Å². The van der Waals surface area contributed by atoms with Crippen molar-refractivity contribution < 1.29 is 23.1 Å². The summed E-state index contributed by atoms with van der Waals surface area (Å²) in [6.07, 6.45) is -3.09. The largest absolute Gasteiger partial charge is 0.396 e. The highest BCUT2D eigenvalue weighted by Gasteiger charge is 2.38. The number of hydrogen-bond donors (Lipinski definition) is 3. The molecule has 0 fully saturated rings. The number of hydrogen-bond acceptors (Lipinski definition) is 3. The van der Waals surface area contributed by atoms with Gasteiger partial charge in [0.15, 0.2) is 0 Å². The van der Waals surface area contributed by atoms with Crippen LogP contribution in [0.4, 0.5) is 13.2 Å². The molecule has 3 N–H and O–H groups in total. The third-order valence-electron chi connectivity index (χ3n) is 5.74. The summed E-state index contributed by atoms with van der Waals surface area (Å²) in [4.78, 5) is 17.8. The quantitative estimate of drug-likeness (QED) is 0.641. The molecule has 2 heterocycles. The maximum absolute atomic E-state index is 12.7. The average Bonchev–Trinajstić information content (AvgIpc) is 2.96. The van der Waals surface area contributed by atoms with Gasteiger partial charge in [-0.15, -0.1) is 0 Å². The van der Waals surface area contributed by atoms with Gasteiger partial charge >= 0.3 is 6.18 Å². The summed E-state index contributed by atoms with van der Waals surface area (Å²) >= 11 is 3.60. The van der Waals surface area contributed by atoms with Gasteiger partial charge in [-0.25, -0.2) is 0 Å². The van der Waals surface area contributed by atoms with Gasteiger partial charge in [-0.2, -0.15) is 13.2 Å². The Balaban J connectivity index is 1.64. The first-order valence-corrected chi connectivity index (χ1v) is 10.2. The lowest BCUT2D eigenvalue weighted by atomic mass is 9.81. The molecule has 29 heavy (non-hydrogen) atoms. The number of likely N-dealkylation sites (N-methyl/N-ethyl adjacent to an activating group) is 1. The van der Waals surface area contributed by atoms with Gasteiger partial charge in [-0.05, 0) is 52.2 Å². The van der Waals surface area contributed by atoms with E-state index in [9.17, 15) is 23.1 Å². The number of halogens is 4. The Hall–Kier alpha value is -1.84. The van der Waals surface area contributed by atoms with Crippen molar-refractivity contribution in [3.63, 3.8) is 0 Å². The average molecular weight is 472 g/mol. The number of nitrogens with zero attached hydrogens (tertiary/aromatic N) is 1. The Morgan fingerprint density at radius 3 is 2.90 bits per heavy atom. The number of aliphatic hydroxyl groups excluding tert-OH is 1. The number of fused-ring (bicyclic) bond motifs is 2. The van der Waals surface area contributed by atoms with Gasteiger partial charge in [0.05, 0.1) is 29.6 Å². The summed E-state index contributed by atoms with van der Waals surface area (Å²) in [5.74, 6) is -2.28. The van der Waals surface area contributed by atoms with Crippen molar-refractivity contribution in [1.82, 2.24) is 15.2 Å². The zero-order valence-corrected chi connectivity index (χ0v) is 17.3. The van der Waals surface area contributed by atoms with Gasteiger partial charge in [0.2, 0.25) is 5.91 Å². The molecule has 1 aliphatic carbocycles. The van der Waals surface area contributed by atoms with Crippen LogP contribution in [0.2, 0.25) is 0 Å². The van der Waals surface area contributed by atoms with Crippen molar-refractivity contribution in [1.29, 1.82) is 0 Å². The fourth-order valence-corrected chi connectivity index (χ4v) is 4.98. The smallest absolute Gasteiger partial charge is 0.389 e. The van der Waals surface area contributed by atoms with Crippen LogP contribution >= 0.6 is 15.9 Å². The van der Waals surface area contributed by atoms with E-state index in [1.165, 1.54) is 5.56 Å².